The minimum absolute atomic E-state index is 0.170. The number of alkyl halides is 3. The van der Waals surface area contributed by atoms with Gasteiger partial charge < -0.3 is 14.7 Å². The largest absolute Gasteiger partial charge is 0.471 e. The molecule has 0 radical (unpaired) electrons. The van der Waals surface area contributed by atoms with Gasteiger partial charge in [0.2, 0.25) is 5.82 Å². The van der Waals surface area contributed by atoms with Crippen LogP contribution < -0.4 is 21.1 Å². The average molecular weight is 380 g/mol. The number of aromatic nitrogens is 2. The lowest BCUT2D eigenvalue weighted by molar-refractivity contribution is -0.159. The predicted octanol–water partition coefficient (Wildman–Crippen LogP) is 2.42. The van der Waals surface area contributed by atoms with Crippen molar-refractivity contribution in [2.24, 2.45) is 0 Å². The molecule has 3 aromatic rings. The molecule has 1 aromatic heterocycles. The summed E-state index contributed by atoms with van der Waals surface area (Å²) in [4.78, 5) is 28.4. The SMILES string of the molecule is CCN(C)c1c(NCc2ccc(-c3noc(C(F)(F)F)n3)cc2)c(=O)c1=O. The van der Waals surface area contributed by atoms with Gasteiger partial charge in [-0.1, -0.05) is 29.4 Å². The van der Waals surface area contributed by atoms with Gasteiger partial charge >= 0.3 is 12.1 Å². The molecule has 1 heterocycles. The zero-order valence-electron chi connectivity index (χ0n) is 14.4. The van der Waals surface area contributed by atoms with Crippen LogP contribution in [0.2, 0.25) is 0 Å². The van der Waals surface area contributed by atoms with Gasteiger partial charge in [0.1, 0.15) is 11.4 Å². The van der Waals surface area contributed by atoms with Gasteiger partial charge in [-0.2, -0.15) is 18.2 Å². The number of rotatable bonds is 6. The number of anilines is 2. The molecule has 0 unspecified atom stereocenters. The van der Waals surface area contributed by atoms with Crippen LogP contribution in [0.4, 0.5) is 24.5 Å². The molecular weight excluding hydrogens is 365 g/mol. The van der Waals surface area contributed by atoms with Gasteiger partial charge in [0.15, 0.2) is 0 Å². The van der Waals surface area contributed by atoms with E-state index >= 15 is 0 Å². The molecule has 10 heteroatoms. The zero-order chi connectivity index (χ0) is 19.8. The summed E-state index contributed by atoms with van der Waals surface area (Å²) in [6, 6.07) is 6.40. The van der Waals surface area contributed by atoms with Crippen molar-refractivity contribution in [3.63, 3.8) is 0 Å². The first-order valence-corrected chi connectivity index (χ1v) is 8.01. The lowest BCUT2D eigenvalue weighted by atomic mass is 10.1. The van der Waals surface area contributed by atoms with E-state index in [1.807, 2.05) is 6.92 Å². The first kappa shape index (κ1) is 18.6. The summed E-state index contributed by atoms with van der Waals surface area (Å²) in [5.41, 5.74) is 0.658. The third kappa shape index (κ3) is 3.55. The summed E-state index contributed by atoms with van der Waals surface area (Å²) in [5, 5.41) is 6.25. The van der Waals surface area contributed by atoms with Gasteiger partial charge in [-0.15, -0.1) is 0 Å². The second kappa shape index (κ2) is 6.86. The van der Waals surface area contributed by atoms with Gasteiger partial charge in [0, 0.05) is 25.7 Å². The minimum Gasteiger partial charge on any atom is -0.376 e. The van der Waals surface area contributed by atoms with Crippen LogP contribution in [0.1, 0.15) is 18.4 Å². The highest BCUT2D eigenvalue weighted by molar-refractivity contribution is 5.75. The molecule has 0 aliphatic heterocycles. The molecular formula is C17H15F3N4O3. The van der Waals surface area contributed by atoms with Gasteiger partial charge in [-0.25, -0.2) is 0 Å². The fraction of sp³-hybridized carbons (Fsp3) is 0.294. The Hall–Kier alpha value is -3.17. The Labute approximate surface area is 151 Å². The smallest absolute Gasteiger partial charge is 0.376 e. The van der Waals surface area contributed by atoms with E-state index in [0.717, 1.165) is 5.56 Å². The molecule has 0 bridgehead atoms. The molecule has 0 amide bonds. The number of nitrogens with zero attached hydrogens (tertiary/aromatic N) is 3. The summed E-state index contributed by atoms with van der Waals surface area (Å²) in [6.45, 7) is 2.72. The number of hydrogen-bond donors (Lipinski definition) is 1. The van der Waals surface area contributed by atoms with Gasteiger partial charge in [-0.3, -0.25) is 9.59 Å². The van der Waals surface area contributed by atoms with E-state index in [-0.39, 0.29) is 18.1 Å². The van der Waals surface area contributed by atoms with E-state index < -0.39 is 22.9 Å². The predicted molar refractivity (Wildman–Crippen MR) is 92.4 cm³/mol. The molecule has 3 rings (SSSR count). The van der Waals surface area contributed by atoms with Crippen molar-refractivity contribution in [2.75, 3.05) is 23.8 Å². The normalized spacial score (nSPS) is 11.7. The van der Waals surface area contributed by atoms with Crippen molar-refractivity contribution in [3.8, 4) is 11.4 Å². The number of nitrogens with one attached hydrogen (secondary N) is 1. The Kier molecular flexibility index (Phi) is 4.73. The number of hydrogen-bond acceptors (Lipinski definition) is 7. The highest BCUT2D eigenvalue weighted by atomic mass is 19.4. The van der Waals surface area contributed by atoms with E-state index in [1.54, 1.807) is 36.2 Å². The molecule has 7 nitrogen and oxygen atoms in total. The number of benzene rings is 1. The second-order valence-corrected chi connectivity index (χ2v) is 5.87. The van der Waals surface area contributed by atoms with E-state index in [9.17, 15) is 22.8 Å². The van der Waals surface area contributed by atoms with E-state index in [1.165, 1.54) is 0 Å². The highest BCUT2D eigenvalue weighted by Crippen LogP contribution is 2.29. The monoisotopic (exact) mass is 380 g/mol. The maximum absolute atomic E-state index is 12.5. The minimum atomic E-state index is -4.70. The fourth-order valence-corrected chi connectivity index (χ4v) is 2.48. The Bertz CT molecular complexity index is 1020. The lowest BCUT2D eigenvalue weighted by Crippen LogP contribution is -2.41. The number of halogens is 3. The van der Waals surface area contributed by atoms with Crippen molar-refractivity contribution in [1.29, 1.82) is 0 Å². The Balaban J connectivity index is 1.71. The Morgan fingerprint density at radius 1 is 1.15 bits per heavy atom. The fourth-order valence-electron chi connectivity index (χ4n) is 2.48. The molecule has 0 fully saturated rings. The van der Waals surface area contributed by atoms with Crippen LogP contribution >= 0.6 is 0 Å². The summed E-state index contributed by atoms with van der Waals surface area (Å²) in [7, 11) is 1.72. The maximum atomic E-state index is 12.5. The topological polar surface area (TPSA) is 88.3 Å². The van der Waals surface area contributed by atoms with Crippen LogP contribution in [-0.4, -0.2) is 23.7 Å². The Morgan fingerprint density at radius 3 is 2.37 bits per heavy atom. The van der Waals surface area contributed by atoms with Gasteiger partial charge in [0.25, 0.3) is 10.9 Å². The van der Waals surface area contributed by atoms with E-state index in [2.05, 4.69) is 20.0 Å². The van der Waals surface area contributed by atoms with Crippen molar-refractivity contribution >= 4 is 11.4 Å². The molecule has 0 atom stereocenters. The van der Waals surface area contributed by atoms with Crippen molar-refractivity contribution in [2.45, 2.75) is 19.6 Å². The van der Waals surface area contributed by atoms with Crippen LogP contribution in [0.3, 0.4) is 0 Å². The van der Waals surface area contributed by atoms with E-state index in [4.69, 9.17) is 0 Å². The quantitative estimate of drug-likeness (QED) is 0.657. The van der Waals surface area contributed by atoms with Crippen molar-refractivity contribution in [3.05, 3.63) is 56.2 Å². The van der Waals surface area contributed by atoms with Crippen molar-refractivity contribution < 1.29 is 17.7 Å². The summed E-state index contributed by atoms with van der Waals surface area (Å²) in [6.07, 6.45) is -4.70. The first-order chi connectivity index (χ1) is 12.7. The summed E-state index contributed by atoms with van der Waals surface area (Å²) >= 11 is 0. The molecule has 0 aliphatic carbocycles. The average Bonchev–Trinajstić information content (AvgIpc) is 3.15. The molecule has 0 saturated carbocycles. The van der Waals surface area contributed by atoms with Crippen LogP contribution in [0.5, 0.6) is 0 Å². The molecule has 0 saturated heterocycles. The van der Waals surface area contributed by atoms with Crippen LogP contribution in [-0.2, 0) is 12.7 Å². The standard InChI is InChI=1S/C17H15F3N4O3/c1-3-24(2)12-11(13(25)14(12)26)21-8-9-4-6-10(7-5-9)15-22-16(27-23-15)17(18,19)20/h4-7,21H,3,8H2,1-2H3. The molecule has 27 heavy (non-hydrogen) atoms. The lowest BCUT2D eigenvalue weighted by Gasteiger charge is -2.22. The maximum Gasteiger partial charge on any atom is 0.471 e. The van der Waals surface area contributed by atoms with Gasteiger partial charge in [-0.05, 0) is 12.5 Å². The zero-order valence-corrected chi connectivity index (χ0v) is 14.4. The van der Waals surface area contributed by atoms with Crippen LogP contribution in [0, 0.1) is 0 Å². The third-order valence-electron chi connectivity index (χ3n) is 4.09. The molecule has 0 aliphatic rings. The molecule has 1 N–H and O–H groups in total. The second-order valence-electron chi connectivity index (χ2n) is 5.87. The van der Waals surface area contributed by atoms with Crippen molar-refractivity contribution in [1.82, 2.24) is 10.1 Å². The molecule has 0 spiro atoms. The Morgan fingerprint density at radius 2 is 1.81 bits per heavy atom. The summed E-state index contributed by atoms with van der Waals surface area (Å²) in [5.74, 6) is -1.58. The summed E-state index contributed by atoms with van der Waals surface area (Å²) < 4.78 is 41.7. The highest BCUT2D eigenvalue weighted by Gasteiger charge is 2.38. The third-order valence-corrected chi connectivity index (χ3v) is 4.09. The van der Waals surface area contributed by atoms with Crippen LogP contribution in [0.25, 0.3) is 11.4 Å². The van der Waals surface area contributed by atoms with E-state index in [0.29, 0.717) is 17.8 Å². The molecule has 142 valence electrons. The first-order valence-electron chi connectivity index (χ1n) is 8.01. The molecule has 2 aromatic carbocycles. The van der Waals surface area contributed by atoms with Gasteiger partial charge in [0.05, 0.1) is 0 Å². The van der Waals surface area contributed by atoms with Crippen LogP contribution in [0.15, 0.2) is 38.4 Å².